The van der Waals surface area contributed by atoms with E-state index in [4.69, 9.17) is 0 Å². The highest BCUT2D eigenvalue weighted by atomic mass is 32.1. The maximum Gasteiger partial charge on any atom is 0.163 e. The average Bonchev–Trinajstić information content (AvgIpc) is 3.17. The molecule has 2 N–H and O–H groups in total. The zero-order valence-electron chi connectivity index (χ0n) is 15.7. The molecule has 0 spiro atoms. The number of allylic oxidation sites excluding steroid dienone is 1. The molecule has 1 aliphatic carbocycles. The van der Waals surface area contributed by atoms with Crippen molar-refractivity contribution in [2.75, 3.05) is 10.6 Å². The molecule has 2 aromatic carbocycles. The second-order valence-corrected chi connectivity index (χ2v) is 8.52. The summed E-state index contributed by atoms with van der Waals surface area (Å²) in [5.41, 5.74) is 6.37. The van der Waals surface area contributed by atoms with Crippen molar-refractivity contribution >= 4 is 28.5 Å². The lowest BCUT2D eigenvalue weighted by Gasteiger charge is -2.30. The molecule has 2 atom stereocenters. The van der Waals surface area contributed by atoms with Gasteiger partial charge < -0.3 is 10.6 Å². The number of carbonyl (C=O) groups is 1. The number of fused-ring (bicyclic) bond motifs is 1. The standard InChI is InChI=1S/C24H22N2OS/c1-15-7-2-3-8-17(15)24-23-20(25-18-9-4-5-10-19(18)26-24)13-16(14-21(23)27)22-11-6-12-28-22/h2-12,16,24-26H,13-14H2,1H3. The highest BCUT2D eigenvalue weighted by Gasteiger charge is 2.36. The SMILES string of the molecule is Cc1ccccc1C1Nc2ccccc2NC2=C1C(=O)CC(c1cccs1)C2. The second-order valence-electron chi connectivity index (χ2n) is 7.54. The van der Waals surface area contributed by atoms with Gasteiger partial charge in [-0.3, -0.25) is 4.79 Å². The number of carbonyl (C=O) groups excluding carboxylic acids is 1. The van der Waals surface area contributed by atoms with Crippen LogP contribution in [0, 0.1) is 6.92 Å². The minimum Gasteiger partial charge on any atom is -0.372 e. The molecule has 3 nitrogen and oxygen atoms in total. The van der Waals surface area contributed by atoms with Gasteiger partial charge in [0.05, 0.1) is 17.4 Å². The summed E-state index contributed by atoms with van der Waals surface area (Å²) in [5.74, 6) is 0.488. The lowest BCUT2D eigenvalue weighted by molar-refractivity contribution is -0.116. The molecule has 1 aromatic heterocycles. The minimum absolute atomic E-state index is 0.135. The molecule has 0 radical (unpaired) electrons. The van der Waals surface area contributed by atoms with Crippen molar-refractivity contribution in [3.8, 4) is 0 Å². The van der Waals surface area contributed by atoms with Gasteiger partial charge in [-0.05, 0) is 48.1 Å². The smallest absolute Gasteiger partial charge is 0.163 e. The van der Waals surface area contributed by atoms with Gasteiger partial charge in [0.25, 0.3) is 0 Å². The first kappa shape index (κ1) is 17.3. The number of nitrogens with one attached hydrogen (secondary N) is 2. The average molecular weight is 387 g/mol. The van der Waals surface area contributed by atoms with Crippen LogP contribution in [0.3, 0.4) is 0 Å². The molecule has 0 fully saturated rings. The van der Waals surface area contributed by atoms with Crippen LogP contribution in [0.2, 0.25) is 0 Å². The summed E-state index contributed by atoms with van der Waals surface area (Å²) in [7, 11) is 0. The van der Waals surface area contributed by atoms with Crippen LogP contribution in [0.1, 0.15) is 40.8 Å². The van der Waals surface area contributed by atoms with E-state index in [1.165, 1.54) is 10.4 Å². The van der Waals surface area contributed by atoms with E-state index >= 15 is 0 Å². The fraction of sp³-hybridized carbons (Fsp3) is 0.208. The molecule has 2 aliphatic rings. The molecule has 0 bridgehead atoms. The first-order valence-electron chi connectivity index (χ1n) is 9.68. The first-order chi connectivity index (χ1) is 13.7. The zero-order chi connectivity index (χ0) is 19.1. The van der Waals surface area contributed by atoms with E-state index in [2.05, 4.69) is 65.4 Å². The van der Waals surface area contributed by atoms with E-state index < -0.39 is 0 Å². The highest BCUT2D eigenvalue weighted by molar-refractivity contribution is 7.10. The molecular formula is C24H22N2OS. The first-order valence-corrected chi connectivity index (χ1v) is 10.6. The highest BCUT2D eigenvalue weighted by Crippen LogP contribution is 2.45. The van der Waals surface area contributed by atoms with Gasteiger partial charge >= 0.3 is 0 Å². The van der Waals surface area contributed by atoms with Crippen LogP contribution in [0.15, 0.2) is 77.3 Å². The monoisotopic (exact) mass is 386 g/mol. The van der Waals surface area contributed by atoms with Crippen LogP contribution >= 0.6 is 11.3 Å². The zero-order valence-corrected chi connectivity index (χ0v) is 16.6. The Bertz CT molecular complexity index is 1070. The van der Waals surface area contributed by atoms with Gasteiger partial charge in [0.15, 0.2) is 5.78 Å². The van der Waals surface area contributed by atoms with Gasteiger partial charge in [0.1, 0.15) is 0 Å². The maximum absolute atomic E-state index is 13.4. The lowest BCUT2D eigenvalue weighted by Crippen LogP contribution is -2.27. The molecule has 2 unspecified atom stereocenters. The number of benzene rings is 2. The summed E-state index contributed by atoms with van der Waals surface area (Å²) < 4.78 is 0. The third-order valence-electron chi connectivity index (χ3n) is 5.75. The molecule has 28 heavy (non-hydrogen) atoms. The van der Waals surface area contributed by atoms with E-state index in [0.717, 1.165) is 34.6 Å². The van der Waals surface area contributed by atoms with Crippen molar-refractivity contribution in [1.82, 2.24) is 0 Å². The van der Waals surface area contributed by atoms with Gasteiger partial charge in [-0.2, -0.15) is 0 Å². The Hall–Kier alpha value is -2.85. The number of thiophene rings is 1. The normalized spacial score (nSPS) is 21.2. The van der Waals surface area contributed by atoms with Crippen molar-refractivity contribution in [1.29, 1.82) is 0 Å². The van der Waals surface area contributed by atoms with Crippen molar-refractivity contribution < 1.29 is 4.79 Å². The number of hydrogen-bond acceptors (Lipinski definition) is 4. The van der Waals surface area contributed by atoms with Crippen LogP contribution < -0.4 is 10.6 Å². The Kier molecular flexibility index (Phi) is 4.29. The van der Waals surface area contributed by atoms with Crippen molar-refractivity contribution in [2.24, 2.45) is 0 Å². The molecule has 4 heteroatoms. The molecule has 140 valence electrons. The van der Waals surface area contributed by atoms with E-state index in [9.17, 15) is 4.79 Å². The summed E-state index contributed by atoms with van der Waals surface area (Å²) in [6, 6.07) is 20.6. The molecule has 3 aromatic rings. The summed E-state index contributed by atoms with van der Waals surface area (Å²) >= 11 is 1.74. The third-order valence-corrected chi connectivity index (χ3v) is 6.79. The number of ketones is 1. The summed E-state index contributed by atoms with van der Waals surface area (Å²) in [4.78, 5) is 14.7. The molecule has 5 rings (SSSR count). The number of rotatable bonds is 2. The van der Waals surface area contributed by atoms with Crippen LogP contribution in [0.5, 0.6) is 0 Å². The van der Waals surface area contributed by atoms with Gasteiger partial charge in [0.2, 0.25) is 0 Å². The van der Waals surface area contributed by atoms with Crippen molar-refractivity contribution in [2.45, 2.75) is 31.7 Å². The van der Waals surface area contributed by atoms with Crippen LogP contribution in [-0.2, 0) is 4.79 Å². The molecule has 0 amide bonds. The number of aryl methyl sites for hydroxylation is 1. The minimum atomic E-state index is -0.135. The van der Waals surface area contributed by atoms with E-state index in [0.29, 0.717) is 6.42 Å². The Morgan fingerprint density at radius 1 is 0.929 bits per heavy atom. The van der Waals surface area contributed by atoms with E-state index in [-0.39, 0.29) is 17.7 Å². The fourth-order valence-electron chi connectivity index (χ4n) is 4.36. The number of Topliss-reactive ketones (excluding diaryl/α,β-unsaturated/α-hetero) is 1. The fourth-order valence-corrected chi connectivity index (χ4v) is 5.19. The largest absolute Gasteiger partial charge is 0.372 e. The van der Waals surface area contributed by atoms with E-state index in [1.807, 2.05) is 18.2 Å². The summed E-state index contributed by atoms with van der Waals surface area (Å²) in [6.45, 7) is 2.11. The van der Waals surface area contributed by atoms with Crippen molar-refractivity contribution in [3.05, 3.63) is 93.3 Å². The van der Waals surface area contributed by atoms with Gasteiger partial charge in [-0.25, -0.2) is 0 Å². The Labute approximate surface area is 169 Å². The predicted octanol–water partition coefficient (Wildman–Crippen LogP) is 6.04. The Balaban J connectivity index is 1.65. The number of hydrogen-bond donors (Lipinski definition) is 2. The number of para-hydroxylation sites is 2. The predicted molar refractivity (Wildman–Crippen MR) is 116 cm³/mol. The quantitative estimate of drug-likeness (QED) is 0.564. The summed E-state index contributed by atoms with van der Waals surface area (Å²) in [6.07, 6.45) is 1.43. The third kappa shape index (κ3) is 2.94. The van der Waals surface area contributed by atoms with Crippen LogP contribution in [-0.4, -0.2) is 5.78 Å². The Morgan fingerprint density at radius 2 is 1.71 bits per heavy atom. The topological polar surface area (TPSA) is 41.1 Å². The van der Waals surface area contributed by atoms with Gasteiger partial charge in [-0.15, -0.1) is 11.3 Å². The van der Waals surface area contributed by atoms with Gasteiger partial charge in [-0.1, -0.05) is 42.5 Å². The molecule has 1 aliphatic heterocycles. The maximum atomic E-state index is 13.4. The molecule has 0 saturated heterocycles. The van der Waals surface area contributed by atoms with Gasteiger partial charge in [0, 0.05) is 28.5 Å². The van der Waals surface area contributed by atoms with Crippen LogP contribution in [0.25, 0.3) is 0 Å². The van der Waals surface area contributed by atoms with E-state index in [1.54, 1.807) is 11.3 Å². The summed E-state index contributed by atoms with van der Waals surface area (Å²) in [5, 5.41) is 9.36. The van der Waals surface area contributed by atoms with Crippen molar-refractivity contribution in [3.63, 3.8) is 0 Å². The molecular weight excluding hydrogens is 364 g/mol. The second kappa shape index (κ2) is 6.95. The Morgan fingerprint density at radius 3 is 2.50 bits per heavy atom. The lowest BCUT2D eigenvalue weighted by atomic mass is 9.80. The number of anilines is 2. The molecule has 0 saturated carbocycles. The molecule has 2 heterocycles. The van der Waals surface area contributed by atoms with Crippen LogP contribution in [0.4, 0.5) is 11.4 Å².